The summed E-state index contributed by atoms with van der Waals surface area (Å²) in [6.45, 7) is 5.68. The van der Waals surface area contributed by atoms with Crippen LogP contribution in [0.25, 0.3) is 16.8 Å². The monoisotopic (exact) mass is 548 g/mol. The summed E-state index contributed by atoms with van der Waals surface area (Å²) in [4.78, 5) is 12.1. The SMILES string of the molecule is Cc1ccc(S(=O)(=O)NC(=O)NCCc2ccc(-n3nc(C)c(-c4cc(F)cc(F)c4)c3C)cc2)cc1.[NaH]. The van der Waals surface area contributed by atoms with E-state index in [-0.39, 0.29) is 41.0 Å². The Morgan fingerprint density at radius 2 is 1.53 bits per heavy atom. The van der Waals surface area contributed by atoms with Gasteiger partial charge in [-0.2, -0.15) is 5.10 Å². The number of carbonyl (C=O) groups excluding carboxylic acids is 1. The van der Waals surface area contributed by atoms with Gasteiger partial charge in [-0.3, -0.25) is 0 Å². The van der Waals surface area contributed by atoms with Crippen LogP contribution in [0.1, 0.15) is 22.5 Å². The van der Waals surface area contributed by atoms with E-state index in [9.17, 15) is 22.0 Å². The quantitative estimate of drug-likeness (QED) is 0.337. The van der Waals surface area contributed by atoms with Crippen molar-refractivity contribution >= 4 is 45.6 Å². The molecule has 0 bridgehead atoms. The number of urea groups is 1. The number of nitrogens with zero attached hydrogens (tertiary/aromatic N) is 2. The second kappa shape index (κ2) is 12.2. The minimum atomic E-state index is -3.95. The van der Waals surface area contributed by atoms with Gasteiger partial charge in [-0.15, -0.1) is 0 Å². The van der Waals surface area contributed by atoms with Gasteiger partial charge in [0.2, 0.25) is 0 Å². The Balaban J connectivity index is 0.00000400. The van der Waals surface area contributed by atoms with Crippen LogP contribution in [0.5, 0.6) is 0 Å². The predicted molar refractivity (Wildman–Crippen MR) is 144 cm³/mol. The fraction of sp³-hybridized carbons (Fsp3) is 0.185. The van der Waals surface area contributed by atoms with E-state index in [2.05, 4.69) is 10.4 Å². The molecule has 11 heteroatoms. The van der Waals surface area contributed by atoms with Crippen molar-refractivity contribution in [1.82, 2.24) is 19.8 Å². The molecule has 4 aromatic rings. The number of benzene rings is 3. The number of hydrogen-bond acceptors (Lipinski definition) is 4. The molecule has 0 radical (unpaired) electrons. The number of aromatic nitrogens is 2. The summed E-state index contributed by atoms with van der Waals surface area (Å²) in [5.74, 6) is -1.30. The molecule has 0 unspecified atom stereocenters. The summed E-state index contributed by atoms with van der Waals surface area (Å²) in [6, 6.07) is 16.2. The van der Waals surface area contributed by atoms with Gasteiger partial charge in [0.1, 0.15) is 11.6 Å². The summed E-state index contributed by atoms with van der Waals surface area (Å²) in [7, 11) is -3.95. The van der Waals surface area contributed by atoms with Gasteiger partial charge in [0, 0.05) is 23.9 Å². The molecular weight excluding hydrogens is 521 g/mol. The van der Waals surface area contributed by atoms with Crippen LogP contribution in [-0.2, 0) is 16.4 Å². The fourth-order valence-corrected chi connectivity index (χ4v) is 5.00. The number of carbonyl (C=O) groups is 1. The van der Waals surface area contributed by atoms with Crippen molar-refractivity contribution in [2.75, 3.05) is 6.54 Å². The van der Waals surface area contributed by atoms with Gasteiger partial charge in [-0.1, -0.05) is 29.8 Å². The van der Waals surface area contributed by atoms with Crippen LogP contribution in [0, 0.1) is 32.4 Å². The molecule has 0 atom stereocenters. The van der Waals surface area contributed by atoms with E-state index in [1.807, 2.05) is 42.8 Å². The van der Waals surface area contributed by atoms with E-state index < -0.39 is 27.7 Å². The summed E-state index contributed by atoms with van der Waals surface area (Å²) in [5.41, 5.74) is 5.06. The number of sulfonamides is 1. The minimum absolute atomic E-state index is 0. The fourth-order valence-electron chi connectivity index (χ4n) is 4.07. The predicted octanol–water partition coefficient (Wildman–Crippen LogP) is 4.32. The van der Waals surface area contributed by atoms with Crippen molar-refractivity contribution in [2.45, 2.75) is 32.1 Å². The molecule has 0 aliphatic carbocycles. The first-order valence-corrected chi connectivity index (χ1v) is 13.0. The molecule has 0 saturated heterocycles. The van der Waals surface area contributed by atoms with E-state index in [0.29, 0.717) is 23.2 Å². The van der Waals surface area contributed by atoms with Crippen LogP contribution in [0.2, 0.25) is 0 Å². The standard InChI is InChI=1S/C27H26F2N4O3S.Na.H/c1-17-4-10-25(11-5-17)37(35,36)32-27(34)30-13-12-20-6-8-24(9-7-20)33-19(3)26(18(2)31-33)21-14-22(28)16-23(29)15-21;;/h4-11,14-16H,12-13H2,1-3H3,(H2,30,32,34);;. The van der Waals surface area contributed by atoms with Gasteiger partial charge in [-0.25, -0.2) is 31.4 Å². The van der Waals surface area contributed by atoms with Crippen molar-refractivity contribution in [3.8, 4) is 16.8 Å². The summed E-state index contributed by atoms with van der Waals surface area (Å²) >= 11 is 0. The van der Waals surface area contributed by atoms with Crippen LogP contribution in [0.15, 0.2) is 71.6 Å². The van der Waals surface area contributed by atoms with Crippen LogP contribution in [0.3, 0.4) is 0 Å². The molecule has 2 amide bonds. The third-order valence-corrected chi connectivity index (χ3v) is 7.23. The maximum atomic E-state index is 13.7. The molecule has 0 spiro atoms. The van der Waals surface area contributed by atoms with Gasteiger partial charge < -0.3 is 5.32 Å². The van der Waals surface area contributed by atoms with Crippen molar-refractivity contribution in [1.29, 1.82) is 0 Å². The third-order valence-electron chi connectivity index (χ3n) is 5.88. The second-order valence-corrected chi connectivity index (χ2v) is 10.4. The molecule has 194 valence electrons. The van der Waals surface area contributed by atoms with Crippen molar-refractivity contribution < 1.29 is 22.0 Å². The molecule has 7 nitrogen and oxygen atoms in total. The van der Waals surface area contributed by atoms with E-state index in [1.54, 1.807) is 23.7 Å². The van der Waals surface area contributed by atoms with Gasteiger partial charge >= 0.3 is 35.6 Å². The summed E-state index contributed by atoms with van der Waals surface area (Å²) in [5, 5.41) is 7.10. The first kappa shape index (κ1) is 29.5. The topological polar surface area (TPSA) is 93.1 Å². The Labute approximate surface area is 242 Å². The van der Waals surface area contributed by atoms with E-state index in [4.69, 9.17) is 0 Å². The molecule has 0 saturated carbocycles. The number of rotatable bonds is 7. The van der Waals surface area contributed by atoms with Crippen LogP contribution < -0.4 is 10.0 Å². The van der Waals surface area contributed by atoms with Crippen LogP contribution in [-0.4, -0.2) is 60.3 Å². The first-order chi connectivity index (χ1) is 17.5. The normalized spacial score (nSPS) is 11.1. The molecule has 0 aliphatic rings. The molecule has 4 rings (SSSR count). The third kappa shape index (κ3) is 6.87. The Morgan fingerprint density at radius 1 is 0.921 bits per heavy atom. The number of hydrogen-bond donors (Lipinski definition) is 2. The Morgan fingerprint density at radius 3 is 2.13 bits per heavy atom. The summed E-state index contributed by atoms with van der Waals surface area (Å²) in [6.07, 6.45) is 0.475. The average Bonchev–Trinajstić information content (AvgIpc) is 3.12. The zero-order valence-corrected chi connectivity index (χ0v) is 21.4. The first-order valence-electron chi connectivity index (χ1n) is 11.5. The Bertz CT molecular complexity index is 1530. The number of aryl methyl sites for hydroxylation is 2. The number of nitrogens with one attached hydrogen (secondary N) is 2. The van der Waals surface area contributed by atoms with Crippen molar-refractivity contribution in [2.24, 2.45) is 0 Å². The molecule has 0 aliphatic heterocycles. The Hall–Kier alpha value is -3.05. The molecule has 1 aromatic heterocycles. The van der Waals surface area contributed by atoms with Gasteiger partial charge in [0.15, 0.2) is 0 Å². The van der Waals surface area contributed by atoms with E-state index in [1.165, 1.54) is 24.3 Å². The van der Waals surface area contributed by atoms with Crippen molar-refractivity contribution in [3.63, 3.8) is 0 Å². The zero-order valence-electron chi connectivity index (χ0n) is 20.5. The molecule has 38 heavy (non-hydrogen) atoms. The average molecular weight is 549 g/mol. The molecule has 3 aromatic carbocycles. The molecule has 0 fully saturated rings. The number of halogens is 2. The molecule has 1 heterocycles. The van der Waals surface area contributed by atoms with Gasteiger partial charge in [-0.05, 0) is 74.7 Å². The number of amides is 2. The van der Waals surface area contributed by atoms with Crippen LogP contribution >= 0.6 is 0 Å². The Kier molecular flexibility index (Phi) is 9.48. The molecular formula is C27H27F2N4NaO3S. The van der Waals surface area contributed by atoms with Gasteiger partial charge in [0.05, 0.1) is 16.3 Å². The second-order valence-electron chi connectivity index (χ2n) is 8.71. The van der Waals surface area contributed by atoms with Crippen LogP contribution in [0.4, 0.5) is 13.6 Å². The zero-order chi connectivity index (χ0) is 26.7. The van der Waals surface area contributed by atoms with Crippen molar-refractivity contribution in [3.05, 3.63) is 101 Å². The molecule has 2 N–H and O–H groups in total. The summed E-state index contributed by atoms with van der Waals surface area (Å²) < 4.78 is 55.8. The van der Waals surface area contributed by atoms with Gasteiger partial charge in [0.25, 0.3) is 10.0 Å². The maximum absolute atomic E-state index is 13.7. The van der Waals surface area contributed by atoms with E-state index >= 15 is 0 Å². The van der Waals surface area contributed by atoms with E-state index in [0.717, 1.165) is 28.6 Å².